The Morgan fingerprint density at radius 2 is 1.96 bits per heavy atom. The minimum Gasteiger partial charge on any atom is -0.385 e. The lowest BCUT2D eigenvalue weighted by Gasteiger charge is -2.23. The summed E-state index contributed by atoms with van der Waals surface area (Å²) in [6, 6.07) is 7.04. The molecule has 8 nitrogen and oxygen atoms in total. The maximum atomic E-state index is 12.7. The van der Waals surface area contributed by atoms with E-state index in [9.17, 15) is 9.59 Å². The van der Waals surface area contributed by atoms with Crippen LogP contribution in [0.5, 0.6) is 0 Å². The van der Waals surface area contributed by atoms with Crippen molar-refractivity contribution in [3.63, 3.8) is 0 Å². The Bertz CT molecular complexity index is 788. The van der Waals surface area contributed by atoms with Gasteiger partial charge in [0.1, 0.15) is 12.3 Å². The minimum atomic E-state index is -0.350. The molecular formula is C19H26N4O4. The number of nitrogens with one attached hydrogen (secondary N) is 2. The molecule has 27 heavy (non-hydrogen) atoms. The standard InChI is InChI=1S/C19H26N4O4/c1-13-6-7-16(14(2)10-13)20-19(25)23(8-5-9-26-4)12-18(24)21-17-11-15(3)27-22-17/h6-7,10-11H,5,8-9,12H2,1-4H3,(H,20,25)(H,21,22,24). The van der Waals surface area contributed by atoms with Crippen molar-refractivity contribution in [1.29, 1.82) is 0 Å². The summed E-state index contributed by atoms with van der Waals surface area (Å²) in [5.41, 5.74) is 2.79. The molecule has 0 bridgehead atoms. The summed E-state index contributed by atoms with van der Waals surface area (Å²) in [5.74, 6) is 0.565. The number of amides is 3. The van der Waals surface area contributed by atoms with Gasteiger partial charge in [-0.2, -0.15) is 0 Å². The fourth-order valence-corrected chi connectivity index (χ4v) is 2.58. The molecule has 2 N–H and O–H groups in total. The van der Waals surface area contributed by atoms with Crippen LogP contribution in [0.4, 0.5) is 16.3 Å². The number of carbonyl (C=O) groups is 2. The van der Waals surface area contributed by atoms with Crippen LogP contribution in [0.15, 0.2) is 28.8 Å². The molecule has 0 fully saturated rings. The van der Waals surface area contributed by atoms with E-state index in [2.05, 4.69) is 15.8 Å². The number of nitrogens with zero attached hydrogens (tertiary/aromatic N) is 2. The highest BCUT2D eigenvalue weighted by Gasteiger charge is 2.18. The van der Waals surface area contributed by atoms with Gasteiger partial charge in [-0.15, -0.1) is 0 Å². The van der Waals surface area contributed by atoms with Gasteiger partial charge in [0.05, 0.1) is 0 Å². The zero-order valence-electron chi connectivity index (χ0n) is 16.2. The normalized spacial score (nSPS) is 10.5. The largest absolute Gasteiger partial charge is 0.385 e. The third kappa shape index (κ3) is 6.41. The van der Waals surface area contributed by atoms with Gasteiger partial charge in [0.25, 0.3) is 0 Å². The molecule has 0 saturated carbocycles. The van der Waals surface area contributed by atoms with E-state index in [1.807, 2.05) is 32.0 Å². The number of ether oxygens (including phenoxy) is 1. The van der Waals surface area contributed by atoms with Crippen LogP contribution in [0.3, 0.4) is 0 Å². The van der Waals surface area contributed by atoms with E-state index in [1.165, 1.54) is 4.90 Å². The van der Waals surface area contributed by atoms with Crippen molar-refractivity contribution < 1.29 is 18.8 Å². The van der Waals surface area contributed by atoms with E-state index < -0.39 is 0 Å². The average Bonchev–Trinajstić information content (AvgIpc) is 3.01. The molecule has 0 aliphatic rings. The van der Waals surface area contributed by atoms with Gasteiger partial charge in [0.15, 0.2) is 5.82 Å². The SMILES string of the molecule is COCCCN(CC(=O)Nc1cc(C)on1)C(=O)Nc1ccc(C)cc1C. The molecule has 1 aromatic carbocycles. The van der Waals surface area contributed by atoms with Crippen molar-refractivity contribution in [2.75, 3.05) is 37.4 Å². The van der Waals surface area contributed by atoms with Gasteiger partial charge in [-0.3, -0.25) is 4.79 Å². The quantitative estimate of drug-likeness (QED) is 0.692. The van der Waals surface area contributed by atoms with Crippen LogP contribution in [0.2, 0.25) is 0 Å². The van der Waals surface area contributed by atoms with Crippen LogP contribution in [-0.2, 0) is 9.53 Å². The lowest BCUT2D eigenvalue weighted by atomic mass is 10.1. The first-order valence-corrected chi connectivity index (χ1v) is 8.74. The summed E-state index contributed by atoms with van der Waals surface area (Å²) in [6.45, 7) is 6.43. The second-order valence-electron chi connectivity index (χ2n) is 6.39. The van der Waals surface area contributed by atoms with Crippen LogP contribution in [-0.4, -0.2) is 48.8 Å². The molecular weight excluding hydrogens is 348 g/mol. The summed E-state index contributed by atoms with van der Waals surface area (Å²) in [7, 11) is 1.60. The van der Waals surface area contributed by atoms with E-state index in [0.29, 0.717) is 31.2 Å². The number of benzene rings is 1. The molecule has 1 aromatic heterocycles. The lowest BCUT2D eigenvalue weighted by molar-refractivity contribution is -0.116. The van der Waals surface area contributed by atoms with Crippen LogP contribution in [0.1, 0.15) is 23.3 Å². The topological polar surface area (TPSA) is 96.7 Å². The minimum absolute atomic E-state index is 0.105. The van der Waals surface area contributed by atoms with E-state index in [0.717, 1.165) is 16.8 Å². The molecule has 0 aliphatic carbocycles. The number of anilines is 2. The Morgan fingerprint density at radius 1 is 1.19 bits per heavy atom. The molecule has 2 rings (SSSR count). The Morgan fingerprint density at radius 3 is 2.59 bits per heavy atom. The number of aromatic nitrogens is 1. The van der Waals surface area contributed by atoms with Gasteiger partial charge in [0.2, 0.25) is 5.91 Å². The predicted octanol–water partition coefficient (Wildman–Crippen LogP) is 3.11. The first-order valence-electron chi connectivity index (χ1n) is 8.74. The third-order valence-corrected chi connectivity index (χ3v) is 3.92. The van der Waals surface area contributed by atoms with Crippen LogP contribution >= 0.6 is 0 Å². The summed E-state index contributed by atoms with van der Waals surface area (Å²) >= 11 is 0. The molecule has 0 unspecified atom stereocenters. The number of carbonyl (C=O) groups excluding carboxylic acids is 2. The average molecular weight is 374 g/mol. The Balaban J connectivity index is 2.02. The van der Waals surface area contributed by atoms with Gasteiger partial charge in [0, 0.05) is 32.0 Å². The Kier molecular flexibility index (Phi) is 7.36. The van der Waals surface area contributed by atoms with Crippen molar-refractivity contribution in [2.24, 2.45) is 0 Å². The predicted molar refractivity (Wildman–Crippen MR) is 103 cm³/mol. The lowest BCUT2D eigenvalue weighted by Crippen LogP contribution is -2.41. The number of hydrogen-bond acceptors (Lipinski definition) is 5. The van der Waals surface area contributed by atoms with Crippen LogP contribution < -0.4 is 10.6 Å². The number of methoxy groups -OCH3 is 1. The maximum Gasteiger partial charge on any atom is 0.322 e. The van der Waals surface area contributed by atoms with Gasteiger partial charge >= 0.3 is 6.03 Å². The molecule has 0 spiro atoms. The van der Waals surface area contributed by atoms with E-state index >= 15 is 0 Å². The summed E-state index contributed by atoms with van der Waals surface area (Å²) in [5, 5.41) is 9.22. The monoisotopic (exact) mass is 374 g/mol. The van der Waals surface area contributed by atoms with Crippen molar-refractivity contribution in [1.82, 2.24) is 10.1 Å². The third-order valence-electron chi connectivity index (χ3n) is 3.92. The fourth-order valence-electron chi connectivity index (χ4n) is 2.58. The first-order chi connectivity index (χ1) is 12.9. The highest BCUT2D eigenvalue weighted by molar-refractivity contribution is 5.96. The second kappa shape index (κ2) is 9.72. The highest BCUT2D eigenvalue weighted by Crippen LogP contribution is 2.17. The van der Waals surface area contributed by atoms with Gasteiger partial charge in [-0.1, -0.05) is 22.9 Å². The molecule has 0 radical (unpaired) electrons. The smallest absolute Gasteiger partial charge is 0.322 e. The van der Waals surface area contributed by atoms with Gasteiger partial charge < -0.3 is 24.8 Å². The molecule has 1 heterocycles. The zero-order chi connectivity index (χ0) is 19.8. The Hall–Kier alpha value is -2.87. The Labute approximate surface area is 158 Å². The number of urea groups is 1. The molecule has 3 amide bonds. The summed E-state index contributed by atoms with van der Waals surface area (Å²) < 4.78 is 9.97. The number of hydrogen-bond donors (Lipinski definition) is 2. The van der Waals surface area contributed by atoms with E-state index in [4.69, 9.17) is 9.26 Å². The van der Waals surface area contributed by atoms with Crippen LogP contribution in [0.25, 0.3) is 0 Å². The van der Waals surface area contributed by atoms with Crippen molar-refractivity contribution in [2.45, 2.75) is 27.2 Å². The van der Waals surface area contributed by atoms with Crippen molar-refractivity contribution in [3.8, 4) is 0 Å². The first kappa shape index (κ1) is 20.4. The zero-order valence-corrected chi connectivity index (χ0v) is 16.2. The molecule has 0 atom stereocenters. The summed E-state index contributed by atoms with van der Waals surface area (Å²) in [4.78, 5) is 26.4. The fraction of sp³-hybridized carbons (Fsp3) is 0.421. The molecule has 0 aliphatic heterocycles. The maximum absolute atomic E-state index is 12.7. The molecule has 0 saturated heterocycles. The summed E-state index contributed by atoms with van der Waals surface area (Å²) in [6.07, 6.45) is 0.618. The van der Waals surface area contributed by atoms with Gasteiger partial charge in [-0.25, -0.2) is 4.79 Å². The molecule has 8 heteroatoms. The van der Waals surface area contributed by atoms with E-state index in [1.54, 1.807) is 20.1 Å². The number of rotatable bonds is 8. The van der Waals surface area contributed by atoms with Crippen LogP contribution in [0, 0.1) is 20.8 Å². The highest BCUT2D eigenvalue weighted by atomic mass is 16.5. The second-order valence-corrected chi connectivity index (χ2v) is 6.39. The molecule has 2 aromatic rings. The van der Waals surface area contributed by atoms with Crippen molar-refractivity contribution >= 4 is 23.4 Å². The number of aryl methyl sites for hydroxylation is 3. The van der Waals surface area contributed by atoms with Crippen molar-refractivity contribution in [3.05, 3.63) is 41.2 Å². The molecule has 146 valence electrons. The van der Waals surface area contributed by atoms with Gasteiger partial charge in [-0.05, 0) is 38.8 Å². The van der Waals surface area contributed by atoms with E-state index in [-0.39, 0.29) is 18.5 Å².